The topological polar surface area (TPSA) is 30.2 Å². The molecule has 1 aromatic heterocycles. The Labute approximate surface area is 123 Å². The Hall–Kier alpha value is -1.68. The van der Waals surface area contributed by atoms with Crippen LogP contribution in [0.4, 0.5) is 0 Å². The van der Waals surface area contributed by atoms with Crippen LogP contribution in [0.3, 0.4) is 0 Å². The van der Waals surface area contributed by atoms with E-state index in [0.717, 1.165) is 5.69 Å². The number of rotatable bonds is 4. The Balaban J connectivity index is 0.00000180. The van der Waals surface area contributed by atoms with Crippen molar-refractivity contribution in [2.45, 2.75) is 13.5 Å². The largest absolute Gasteiger partial charge is 0.497 e. The first-order valence-electron chi connectivity index (χ1n) is 5.83. The number of halogens is 1. The Morgan fingerprint density at radius 3 is 2.68 bits per heavy atom. The number of aryl methyl sites for hydroxylation is 1. The number of aromatic nitrogens is 1. The molecule has 1 aromatic carbocycles. The zero-order chi connectivity index (χ0) is 13.0. The Morgan fingerprint density at radius 1 is 1.21 bits per heavy atom. The second-order valence-corrected chi connectivity index (χ2v) is 4.13. The fraction of sp³-hybridized carbons (Fsp3) is 0.200. The molecule has 0 aliphatic heterocycles. The molecule has 0 N–H and O–H groups in total. The molecule has 0 saturated carbocycles. The zero-order valence-corrected chi connectivity index (χ0v) is 12.7. The lowest BCUT2D eigenvalue weighted by Crippen LogP contribution is -2.40. The Bertz CT molecular complexity index is 570. The monoisotopic (exact) mass is 322 g/mol. The Kier molecular flexibility index (Phi) is 5.70. The summed E-state index contributed by atoms with van der Waals surface area (Å²) < 4.78 is 7.05. The summed E-state index contributed by atoms with van der Waals surface area (Å²) in [4.78, 5) is 12.2. The van der Waals surface area contributed by atoms with Gasteiger partial charge in [-0.2, -0.15) is 4.57 Å². The maximum absolute atomic E-state index is 12.2. The molecule has 0 saturated heterocycles. The lowest BCUT2D eigenvalue weighted by atomic mass is 10.1. The minimum Gasteiger partial charge on any atom is -0.497 e. The lowest BCUT2D eigenvalue weighted by molar-refractivity contribution is -0.689. The van der Waals surface area contributed by atoms with Crippen LogP contribution >= 0.6 is 17.0 Å². The first-order valence-corrected chi connectivity index (χ1v) is 5.83. The summed E-state index contributed by atoms with van der Waals surface area (Å²) >= 11 is 0. The molecule has 2 rings (SSSR count). The first kappa shape index (κ1) is 15.4. The van der Waals surface area contributed by atoms with Gasteiger partial charge in [-0.15, -0.1) is 17.0 Å². The van der Waals surface area contributed by atoms with Crippen molar-refractivity contribution >= 4 is 22.8 Å². The van der Waals surface area contributed by atoms with E-state index >= 15 is 0 Å². The molecule has 1 heterocycles. The van der Waals surface area contributed by atoms with E-state index in [0.29, 0.717) is 17.9 Å². The molecule has 0 fully saturated rings. The summed E-state index contributed by atoms with van der Waals surface area (Å²) in [7, 11) is 1.60. The first-order chi connectivity index (χ1) is 8.70. The van der Waals surface area contributed by atoms with Gasteiger partial charge in [-0.1, -0.05) is 18.2 Å². The molecule has 0 aliphatic rings. The molecular formula is C15H17BrNO2+. The maximum atomic E-state index is 12.2. The van der Waals surface area contributed by atoms with Crippen molar-refractivity contribution in [3.8, 4) is 5.75 Å². The number of nitrogens with zero attached hydrogens (tertiary/aromatic N) is 1. The highest BCUT2D eigenvalue weighted by molar-refractivity contribution is 8.93. The number of carbonyl (C=O) groups excluding carboxylic acids is 1. The van der Waals surface area contributed by atoms with Crippen LogP contribution in [0.15, 0.2) is 48.7 Å². The molecule has 100 valence electrons. The van der Waals surface area contributed by atoms with Crippen LogP contribution in [0.1, 0.15) is 16.1 Å². The normalized spacial score (nSPS) is 9.58. The van der Waals surface area contributed by atoms with E-state index in [-0.39, 0.29) is 22.8 Å². The quantitative estimate of drug-likeness (QED) is 0.640. The van der Waals surface area contributed by atoms with E-state index < -0.39 is 0 Å². The number of hydrogen-bond donors (Lipinski definition) is 0. The average molecular weight is 323 g/mol. The van der Waals surface area contributed by atoms with E-state index in [4.69, 9.17) is 4.74 Å². The fourth-order valence-corrected chi connectivity index (χ4v) is 1.78. The second-order valence-electron chi connectivity index (χ2n) is 4.13. The number of carbonyl (C=O) groups is 1. The van der Waals surface area contributed by atoms with E-state index in [9.17, 15) is 4.79 Å². The number of ether oxygens (including phenoxy) is 1. The van der Waals surface area contributed by atoms with Gasteiger partial charge in [0.15, 0.2) is 11.9 Å². The predicted molar refractivity (Wildman–Crippen MR) is 79.0 cm³/mol. The van der Waals surface area contributed by atoms with E-state index in [2.05, 4.69) is 0 Å². The van der Waals surface area contributed by atoms with Crippen molar-refractivity contribution in [3.05, 3.63) is 59.9 Å². The molecule has 0 radical (unpaired) electrons. The smallest absolute Gasteiger partial charge is 0.227 e. The highest BCUT2D eigenvalue weighted by Crippen LogP contribution is 2.13. The summed E-state index contributed by atoms with van der Waals surface area (Å²) in [6.07, 6.45) is 1.91. The number of ketones is 1. The fourth-order valence-electron chi connectivity index (χ4n) is 1.78. The van der Waals surface area contributed by atoms with Crippen molar-refractivity contribution in [2.24, 2.45) is 0 Å². The van der Waals surface area contributed by atoms with Crippen LogP contribution in [0.5, 0.6) is 5.75 Å². The summed E-state index contributed by atoms with van der Waals surface area (Å²) in [5.41, 5.74) is 1.74. The standard InChI is InChI=1S/C15H16NO2.BrH/c1-12-6-3-4-9-16(12)11-15(17)13-7-5-8-14(10-13)18-2;/h3-10H,11H2,1-2H3;1H/q+1;. The van der Waals surface area contributed by atoms with E-state index in [1.165, 1.54) is 0 Å². The predicted octanol–water partition coefficient (Wildman–Crippen LogP) is 2.75. The molecule has 4 heteroatoms. The molecule has 19 heavy (non-hydrogen) atoms. The second kappa shape index (κ2) is 7.04. The van der Waals surface area contributed by atoms with Crippen molar-refractivity contribution in [1.82, 2.24) is 0 Å². The van der Waals surface area contributed by atoms with Gasteiger partial charge in [-0.25, -0.2) is 0 Å². The van der Waals surface area contributed by atoms with Crippen LogP contribution in [0, 0.1) is 6.92 Å². The summed E-state index contributed by atoms with van der Waals surface area (Å²) in [5, 5.41) is 0. The molecule has 0 bridgehead atoms. The third-order valence-electron chi connectivity index (χ3n) is 2.87. The van der Waals surface area contributed by atoms with Gasteiger partial charge in [0, 0.05) is 24.6 Å². The van der Waals surface area contributed by atoms with Crippen molar-refractivity contribution < 1.29 is 14.1 Å². The third-order valence-corrected chi connectivity index (χ3v) is 2.87. The Morgan fingerprint density at radius 2 is 2.00 bits per heavy atom. The summed E-state index contributed by atoms with van der Waals surface area (Å²) in [6.45, 7) is 2.33. The lowest BCUT2D eigenvalue weighted by Gasteiger charge is -2.03. The van der Waals surface area contributed by atoms with E-state index in [1.54, 1.807) is 13.2 Å². The van der Waals surface area contributed by atoms with Gasteiger partial charge in [-0.05, 0) is 12.1 Å². The number of hydrogen-bond acceptors (Lipinski definition) is 2. The van der Waals surface area contributed by atoms with Gasteiger partial charge < -0.3 is 4.74 Å². The molecule has 0 amide bonds. The molecule has 0 aliphatic carbocycles. The van der Waals surface area contributed by atoms with Gasteiger partial charge in [0.05, 0.1) is 7.11 Å². The number of pyridine rings is 1. The number of benzene rings is 1. The van der Waals surface area contributed by atoms with Gasteiger partial charge in [0.25, 0.3) is 0 Å². The third kappa shape index (κ3) is 3.89. The van der Waals surface area contributed by atoms with Crippen LogP contribution < -0.4 is 9.30 Å². The van der Waals surface area contributed by atoms with Crippen LogP contribution in [-0.2, 0) is 6.54 Å². The van der Waals surface area contributed by atoms with Crippen molar-refractivity contribution in [3.63, 3.8) is 0 Å². The molecule has 0 atom stereocenters. The van der Waals surface area contributed by atoms with Crippen molar-refractivity contribution in [1.29, 1.82) is 0 Å². The van der Waals surface area contributed by atoms with Gasteiger partial charge >= 0.3 is 0 Å². The van der Waals surface area contributed by atoms with Crippen LogP contribution in [-0.4, -0.2) is 12.9 Å². The van der Waals surface area contributed by atoms with Gasteiger partial charge in [-0.3, -0.25) is 4.79 Å². The van der Waals surface area contributed by atoms with Gasteiger partial charge in [0.1, 0.15) is 5.75 Å². The minimum atomic E-state index is 0. The molecule has 3 nitrogen and oxygen atoms in total. The van der Waals surface area contributed by atoms with Crippen LogP contribution in [0.25, 0.3) is 0 Å². The molecule has 0 unspecified atom stereocenters. The maximum Gasteiger partial charge on any atom is 0.227 e. The molecule has 0 spiro atoms. The van der Waals surface area contributed by atoms with Gasteiger partial charge in [0.2, 0.25) is 12.3 Å². The number of methoxy groups -OCH3 is 1. The molecular weight excluding hydrogens is 306 g/mol. The number of Topliss-reactive ketones (excluding diaryl/α,β-unsaturated/α-hetero) is 1. The SMILES string of the molecule is Br.COc1cccc(C(=O)C[n+]2ccccc2C)c1. The zero-order valence-electron chi connectivity index (χ0n) is 11.0. The highest BCUT2D eigenvalue weighted by Gasteiger charge is 2.14. The minimum absolute atomic E-state index is 0. The molecule has 2 aromatic rings. The summed E-state index contributed by atoms with van der Waals surface area (Å²) in [5.74, 6) is 0.781. The van der Waals surface area contributed by atoms with Crippen molar-refractivity contribution in [2.75, 3.05) is 7.11 Å². The van der Waals surface area contributed by atoms with E-state index in [1.807, 2.05) is 54.1 Å². The average Bonchev–Trinajstić information content (AvgIpc) is 2.41. The highest BCUT2D eigenvalue weighted by atomic mass is 79.9. The summed E-state index contributed by atoms with van der Waals surface area (Å²) in [6, 6.07) is 13.1. The van der Waals surface area contributed by atoms with Crippen LogP contribution in [0.2, 0.25) is 0 Å².